The van der Waals surface area contributed by atoms with Crippen LogP contribution >= 0.6 is 0 Å². The van der Waals surface area contributed by atoms with Crippen molar-refractivity contribution >= 4 is 12.6 Å². The van der Waals surface area contributed by atoms with Gasteiger partial charge in [0.2, 0.25) is 0 Å². The first-order valence-corrected chi connectivity index (χ1v) is 6.00. The lowest BCUT2D eigenvalue weighted by atomic mass is 9.80. The molecule has 0 aliphatic carbocycles. The van der Waals surface area contributed by atoms with E-state index in [-0.39, 0.29) is 12.6 Å². The number of nitrogens with zero attached hydrogens (tertiary/aromatic N) is 1. The maximum atomic E-state index is 9.22. The fraction of sp³-hybridized carbons (Fsp3) is 0.500. The van der Waals surface area contributed by atoms with E-state index in [1.807, 2.05) is 12.1 Å². The zero-order chi connectivity index (χ0) is 12.3. The molecule has 1 aliphatic rings. The van der Waals surface area contributed by atoms with Crippen LogP contribution in [0.15, 0.2) is 24.3 Å². The Bertz CT molecular complexity index is 355. The minimum absolute atomic E-state index is 0.216. The van der Waals surface area contributed by atoms with Crippen LogP contribution < -0.4 is 5.46 Å². The molecule has 4 nitrogen and oxygen atoms in total. The van der Waals surface area contributed by atoms with Crippen molar-refractivity contribution in [3.63, 3.8) is 0 Å². The average Bonchev–Trinajstić information content (AvgIpc) is 2.77. The molecule has 0 saturated carbocycles. The number of aliphatic hydroxyl groups excluding tert-OH is 1. The number of rotatable bonds is 4. The van der Waals surface area contributed by atoms with Crippen LogP contribution in [0, 0.1) is 0 Å². The predicted octanol–water partition coefficient (Wildman–Crippen LogP) is -0.677. The lowest BCUT2D eigenvalue weighted by Crippen LogP contribution is -2.32. The molecule has 0 amide bonds. The molecule has 1 heterocycles. The Morgan fingerprint density at radius 2 is 1.94 bits per heavy atom. The van der Waals surface area contributed by atoms with Gasteiger partial charge in [-0.3, -0.25) is 4.90 Å². The summed E-state index contributed by atoms with van der Waals surface area (Å²) in [6.07, 6.45) is 2.20. The normalized spacial score (nSPS) is 20.8. The largest absolute Gasteiger partial charge is 0.488 e. The molecule has 5 heteroatoms. The molecule has 2 rings (SSSR count). The maximum absolute atomic E-state index is 9.22. The summed E-state index contributed by atoms with van der Waals surface area (Å²) in [5.74, 6) is 0. The molecule has 1 aromatic carbocycles. The van der Waals surface area contributed by atoms with E-state index in [1.165, 1.54) is 0 Å². The SMILES string of the molecule is OC[C@H]1CCCN1Cc1ccc(B(O)O)cc1. The molecule has 1 atom stereocenters. The molecule has 0 spiro atoms. The summed E-state index contributed by atoms with van der Waals surface area (Å²) < 4.78 is 0. The molecule has 17 heavy (non-hydrogen) atoms. The Kier molecular flexibility index (Phi) is 4.18. The van der Waals surface area contributed by atoms with Gasteiger partial charge < -0.3 is 15.2 Å². The molecule has 1 aliphatic heterocycles. The molecule has 0 radical (unpaired) electrons. The minimum Gasteiger partial charge on any atom is -0.423 e. The molecule has 3 N–H and O–H groups in total. The lowest BCUT2D eigenvalue weighted by Gasteiger charge is -2.22. The van der Waals surface area contributed by atoms with Crippen molar-refractivity contribution < 1.29 is 15.2 Å². The van der Waals surface area contributed by atoms with E-state index >= 15 is 0 Å². The van der Waals surface area contributed by atoms with E-state index < -0.39 is 7.12 Å². The summed E-state index contributed by atoms with van der Waals surface area (Å²) >= 11 is 0. The third-order valence-corrected chi connectivity index (χ3v) is 3.37. The van der Waals surface area contributed by atoms with Gasteiger partial charge in [-0.1, -0.05) is 24.3 Å². The number of hydrogen-bond acceptors (Lipinski definition) is 4. The molecule has 0 unspecified atom stereocenters. The lowest BCUT2D eigenvalue weighted by molar-refractivity contribution is 0.153. The summed E-state index contributed by atoms with van der Waals surface area (Å²) in [4.78, 5) is 2.27. The Balaban J connectivity index is 1.99. The highest BCUT2D eigenvalue weighted by atomic mass is 16.4. The fourth-order valence-electron chi connectivity index (χ4n) is 2.34. The van der Waals surface area contributed by atoms with Crippen molar-refractivity contribution in [1.29, 1.82) is 0 Å². The van der Waals surface area contributed by atoms with Gasteiger partial charge in [0, 0.05) is 12.6 Å². The van der Waals surface area contributed by atoms with Crippen molar-refractivity contribution in [2.24, 2.45) is 0 Å². The standard InChI is InChI=1S/C12H18BNO3/c15-9-12-2-1-7-14(12)8-10-3-5-11(6-4-10)13(16)17/h3-6,12,15-17H,1-2,7-9H2/t12-/m1/s1. The molecular weight excluding hydrogens is 217 g/mol. The summed E-state index contributed by atoms with van der Waals surface area (Å²) in [7, 11) is -1.40. The van der Waals surface area contributed by atoms with Crippen LogP contribution in [-0.2, 0) is 6.54 Å². The van der Waals surface area contributed by atoms with E-state index in [0.717, 1.165) is 31.5 Å². The van der Waals surface area contributed by atoms with Crippen LogP contribution in [0.25, 0.3) is 0 Å². The van der Waals surface area contributed by atoms with Crippen LogP contribution in [-0.4, -0.2) is 46.4 Å². The Hall–Kier alpha value is -0.875. The van der Waals surface area contributed by atoms with Gasteiger partial charge in [-0.15, -0.1) is 0 Å². The van der Waals surface area contributed by atoms with Crippen LogP contribution in [0.1, 0.15) is 18.4 Å². The van der Waals surface area contributed by atoms with Gasteiger partial charge in [0.05, 0.1) is 6.61 Å². The Morgan fingerprint density at radius 3 is 2.53 bits per heavy atom. The first-order chi connectivity index (χ1) is 8.20. The second kappa shape index (κ2) is 5.64. The summed E-state index contributed by atoms with van der Waals surface area (Å²) in [6.45, 7) is 2.05. The maximum Gasteiger partial charge on any atom is 0.488 e. The van der Waals surface area contributed by atoms with Crippen molar-refractivity contribution in [1.82, 2.24) is 4.90 Å². The van der Waals surface area contributed by atoms with Crippen LogP contribution in [0.3, 0.4) is 0 Å². The Labute approximate surface area is 102 Å². The van der Waals surface area contributed by atoms with E-state index in [1.54, 1.807) is 12.1 Å². The van der Waals surface area contributed by atoms with Gasteiger partial charge >= 0.3 is 7.12 Å². The molecular formula is C12H18BNO3. The smallest absolute Gasteiger partial charge is 0.423 e. The summed E-state index contributed by atoms with van der Waals surface area (Å²) in [5, 5.41) is 27.2. The summed E-state index contributed by atoms with van der Waals surface area (Å²) in [6, 6.07) is 7.54. The van der Waals surface area contributed by atoms with Gasteiger partial charge in [0.15, 0.2) is 0 Å². The number of aliphatic hydroxyl groups is 1. The second-order valence-electron chi connectivity index (χ2n) is 4.56. The van der Waals surface area contributed by atoms with E-state index in [9.17, 15) is 5.11 Å². The van der Waals surface area contributed by atoms with Crippen molar-refractivity contribution in [3.8, 4) is 0 Å². The quantitative estimate of drug-likeness (QED) is 0.605. The monoisotopic (exact) mass is 235 g/mol. The van der Waals surface area contributed by atoms with Crippen molar-refractivity contribution in [2.75, 3.05) is 13.2 Å². The first kappa shape index (κ1) is 12.6. The molecule has 0 bridgehead atoms. The molecule has 1 aromatic rings. The highest BCUT2D eigenvalue weighted by molar-refractivity contribution is 6.58. The minimum atomic E-state index is -1.40. The molecule has 1 saturated heterocycles. The van der Waals surface area contributed by atoms with Gasteiger partial charge in [0.1, 0.15) is 0 Å². The molecule has 0 aromatic heterocycles. The topological polar surface area (TPSA) is 63.9 Å². The third-order valence-electron chi connectivity index (χ3n) is 3.37. The fourth-order valence-corrected chi connectivity index (χ4v) is 2.34. The molecule has 1 fully saturated rings. The predicted molar refractivity (Wildman–Crippen MR) is 66.8 cm³/mol. The van der Waals surface area contributed by atoms with Crippen molar-refractivity contribution in [2.45, 2.75) is 25.4 Å². The van der Waals surface area contributed by atoms with E-state index in [4.69, 9.17) is 10.0 Å². The van der Waals surface area contributed by atoms with E-state index in [2.05, 4.69) is 4.90 Å². The highest BCUT2D eigenvalue weighted by Gasteiger charge is 2.23. The summed E-state index contributed by atoms with van der Waals surface area (Å²) in [5.41, 5.74) is 1.64. The number of hydrogen-bond donors (Lipinski definition) is 3. The van der Waals surface area contributed by atoms with Gasteiger partial charge in [0.25, 0.3) is 0 Å². The van der Waals surface area contributed by atoms with Gasteiger partial charge in [-0.25, -0.2) is 0 Å². The highest BCUT2D eigenvalue weighted by Crippen LogP contribution is 2.19. The number of likely N-dealkylation sites (tertiary alicyclic amines) is 1. The van der Waals surface area contributed by atoms with E-state index in [0.29, 0.717) is 5.46 Å². The Morgan fingerprint density at radius 1 is 1.24 bits per heavy atom. The van der Waals surface area contributed by atoms with Gasteiger partial charge in [-0.05, 0) is 30.4 Å². The zero-order valence-corrected chi connectivity index (χ0v) is 9.79. The van der Waals surface area contributed by atoms with Crippen LogP contribution in [0.4, 0.5) is 0 Å². The molecule has 92 valence electrons. The van der Waals surface area contributed by atoms with Crippen LogP contribution in [0.5, 0.6) is 0 Å². The first-order valence-electron chi connectivity index (χ1n) is 6.00. The van der Waals surface area contributed by atoms with Crippen molar-refractivity contribution in [3.05, 3.63) is 29.8 Å². The number of benzene rings is 1. The van der Waals surface area contributed by atoms with Crippen LogP contribution in [0.2, 0.25) is 0 Å². The third kappa shape index (κ3) is 3.07. The second-order valence-corrected chi connectivity index (χ2v) is 4.56. The zero-order valence-electron chi connectivity index (χ0n) is 9.79. The van der Waals surface area contributed by atoms with Gasteiger partial charge in [-0.2, -0.15) is 0 Å². The average molecular weight is 235 g/mol.